The highest BCUT2D eigenvalue weighted by atomic mass is 79.9. The Kier molecular flexibility index (Phi) is 4.21. The van der Waals surface area contributed by atoms with Gasteiger partial charge in [0.1, 0.15) is 6.04 Å². The Morgan fingerprint density at radius 2 is 2.26 bits per heavy atom. The van der Waals surface area contributed by atoms with Crippen molar-refractivity contribution in [3.8, 4) is 5.69 Å². The minimum atomic E-state index is -0.378. The smallest absolute Gasteiger partial charge is 0.239 e. The molecule has 0 radical (unpaired) electrons. The van der Waals surface area contributed by atoms with E-state index in [9.17, 15) is 4.79 Å². The summed E-state index contributed by atoms with van der Waals surface area (Å²) in [5.41, 5.74) is 7.00. The van der Waals surface area contributed by atoms with Gasteiger partial charge in [-0.1, -0.05) is 19.1 Å². The van der Waals surface area contributed by atoms with Crippen molar-refractivity contribution in [3.05, 3.63) is 41.1 Å². The average Bonchev–Trinajstić information content (AvgIpc) is 2.84. The van der Waals surface area contributed by atoms with Gasteiger partial charge in [-0.2, -0.15) is 5.10 Å². The van der Waals surface area contributed by atoms with E-state index >= 15 is 0 Å². The zero-order chi connectivity index (χ0) is 13.8. The maximum atomic E-state index is 11.2. The largest absolute Gasteiger partial charge is 0.371 e. The molecule has 19 heavy (non-hydrogen) atoms. The molecule has 6 heteroatoms. The minimum absolute atomic E-state index is 0.365. The van der Waals surface area contributed by atoms with Crippen molar-refractivity contribution in [1.82, 2.24) is 9.78 Å². The minimum Gasteiger partial charge on any atom is -0.371 e. The number of primary amides is 1. The van der Waals surface area contributed by atoms with E-state index in [1.807, 2.05) is 37.4 Å². The molecule has 0 spiro atoms. The Morgan fingerprint density at radius 3 is 2.89 bits per heavy atom. The number of benzene rings is 1. The van der Waals surface area contributed by atoms with E-state index in [4.69, 9.17) is 5.73 Å². The van der Waals surface area contributed by atoms with E-state index in [0.29, 0.717) is 6.42 Å². The van der Waals surface area contributed by atoms with Crippen LogP contribution >= 0.6 is 15.9 Å². The number of carbonyl (C=O) groups is 1. The highest BCUT2D eigenvalue weighted by molar-refractivity contribution is 9.10. The molecule has 0 bridgehead atoms. The molecule has 100 valence electrons. The fourth-order valence-electron chi connectivity index (χ4n) is 1.74. The van der Waals surface area contributed by atoms with Gasteiger partial charge in [0.15, 0.2) is 0 Å². The van der Waals surface area contributed by atoms with Gasteiger partial charge in [-0.3, -0.25) is 4.79 Å². The van der Waals surface area contributed by atoms with Gasteiger partial charge in [0.05, 0.1) is 23.8 Å². The zero-order valence-electron chi connectivity index (χ0n) is 10.5. The number of hydrogen-bond acceptors (Lipinski definition) is 3. The van der Waals surface area contributed by atoms with Gasteiger partial charge in [-0.25, -0.2) is 4.68 Å². The highest BCUT2D eigenvalue weighted by Crippen LogP contribution is 2.21. The van der Waals surface area contributed by atoms with Crippen LogP contribution in [-0.4, -0.2) is 21.7 Å². The van der Waals surface area contributed by atoms with Gasteiger partial charge in [0, 0.05) is 4.47 Å². The van der Waals surface area contributed by atoms with Crippen molar-refractivity contribution < 1.29 is 4.79 Å². The fourth-order valence-corrected chi connectivity index (χ4v) is 2.21. The summed E-state index contributed by atoms with van der Waals surface area (Å²) in [5, 5.41) is 7.33. The summed E-state index contributed by atoms with van der Waals surface area (Å²) in [7, 11) is 0. The Morgan fingerprint density at radius 1 is 1.53 bits per heavy atom. The van der Waals surface area contributed by atoms with E-state index < -0.39 is 0 Å². The lowest BCUT2D eigenvalue weighted by Crippen LogP contribution is -2.34. The van der Waals surface area contributed by atoms with Crippen molar-refractivity contribution in [3.63, 3.8) is 0 Å². The van der Waals surface area contributed by atoms with Crippen LogP contribution in [-0.2, 0) is 4.79 Å². The van der Waals surface area contributed by atoms with E-state index in [2.05, 4.69) is 26.3 Å². The normalized spacial score (nSPS) is 12.1. The quantitative estimate of drug-likeness (QED) is 0.887. The van der Waals surface area contributed by atoms with Crippen LogP contribution < -0.4 is 11.1 Å². The number of rotatable bonds is 5. The van der Waals surface area contributed by atoms with E-state index in [1.165, 1.54) is 0 Å². The number of para-hydroxylation sites is 1. The molecule has 0 unspecified atom stereocenters. The number of amides is 1. The third-order valence-electron chi connectivity index (χ3n) is 2.77. The number of nitrogens with one attached hydrogen (secondary N) is 1. The van der Waals surface area contributed by atoms with E-state index in [1.54, 1.807) is 10.9 Å². The molecule has 0 aliphatic carbocycles. The van der Waals surface area contributed by atoms with Crippen LogP contribution in [0.4, 0.5) is 5.69 Å². The van der Waals surface area contributed by atoms with Crippen molar-refractivity contribution in [2.75, 3.05) is 5.32 Å². The second-order valence-electron chi connectivity index (χ2n) is 4.13. The molecule has 1 atom stereocenters. The van der Waals surface area contributed by atoms with Gasteiger partial charge in [-0.05, 0) is 34.5 Å². The second-order valence-corrected chi connectivity index (χ2v) is 4.99. The molecule has 1 aromatic carbocycles. The Bertz CT molecular complexity index is 582. The molecule has 0 saturated carbocycles. The van der Waals surface area contributed by atoms with E-state index in [0.717, 1.165) is 15.8 Å². The van der Waals surface area contributed by atoms with Crippen molar-refractivity contribution in [2.45, 2.75) is 19.4 Å². The molecule has 5 nitrogen and oxygen atoms in total. The predicted molar refractivity (Wildman–Crippen MR) is 78.2 cm³/mol. The van der Waals surface area contributed by atoms with Gasteiger partial charge in [0.2, 0.25) is 5.91 Å². The fraction of sp³-hybridized carbons (Fsp3) is 0.231. The zero-order valence-corrected chi connectivity index (χ0v) is 12.1. The van der Waals surface area contributed by atoms with Gasteiger partial charge in [0.25, 0.3) is 0 Å². The Hall–Kier alpha value is -1.82. The summed E-state index contributed by atoms with van der Waals surface area (Å²) in [6, 6.07) is 7.40. The molecule has 1 aromatic heterocycles. The van der Waals surface area contributed by atoms with Gasteiger partial charge in [-0.15, -0.1) is 0 Å². The number of anilines is 1. The first-order chi connectivity index (χ1) is 9.11. The lowest BCUT2D eigenvalue weighted by molar-refractivity contribution is -0.118. The second kappa shape index (κ2) is 5.88. The third-order valence-corrected chi connectivity index (χ3v) is 3.45. The molecule has 0 aliphatic rings. The molecule has 0 fully saturated rings. The molecule has 1 heterocycles. The Balaban J connectivity index is 2.20. The first kappa shape index (κ1) is 13.6. The molecule has 2 aromatic rings. The SMILES string of the molecule is CC[C@H](Nc1cnn(-c2ccccc2Br)c1)C(N)=O. The summed E-state index contributed by atoms with van der Waals surface area (Å²) in [4.78, 5) is 11.2. The Labute approximate surface area is 119 Å². The van der Waals surface area contributed by atoms with Crippen LogP contribution in [0, 0.1) is 0 Å². The predicted octanol–water partition coefficient (Wildman–Crippen LogP) is 2.31. The lowest BCUT2D eigenvalue weighted by atomic mass is 10.2. The first-order valence-electron chi connectivity index (χ1n) is 5.97. The topological polar surface area (TPSA) is 72.9 Å². The monoisotopic (exact) mass is 322 g/mol. The van der Waals surface area contributed by atoms with Crippen LogP contribution in [0.25, 0.3) is 5.69 Å². The maximum Gasteiger partial charge on any atom is 0.239 e. The van der Waals surface area contributed by atoms with Crippen molar-refractivity contribution in [1.29, 1.82) is 0 Å². The van der Waals surface area contributed by atoms with Gasteiger partial charge >= 0.3 is 0 Å². The van der Waals surface area contributed by atoms with Crippen LogP contribution in [0.2, 0.25) is 0 Å². The summed E-state index contributed by atoms with van der Waals surface area (Å²) < 4.78 is 2.69. The van der Waals surface area contributed by atoms with Gasteiger partial charge < -0.3 is 11.1 Å². The molecule has 0 aliphatic heterocycles. The lowest BCUT2D eigenvalue weighted by Gasteiger charge is -2.12. The van der Waals surface area contributed by atoms with Crippen LogP contribution in [0.15, 0.2) is 41.1 Å². The first-order valence-corrected chi connectivity index (χ1v) is 6.76. The highest BCUT2D eigenvalue weighted by Gasteiger charge is 2.13. The number of carbonyl (C=O) groups excluding carboxylic acids is 1. The molecular formula is C13H15BrN4O. The summed E-state index contributed by atoms with van der Waals surface area (Å²) in [6.07, 6.45) is 4.13. The maximum absolute atomic E-state index is 11.2. The standard InChI is InChI=1S/C13H15BrN4O/c1-2-11(13(15)19)17-9-7-16-18(8-9)12-6-4-3-5-10(12)14/h3-8,11,17H,2H2,1H3,(H2,15,19)/t11-/m0/s1. The van der Waals surface area contributed by atoms with E-state index in [-0.39, 0.29) is 11.9 Å². The third kappa shape index (κ3) is 3.14. The number of aromatic nitrogens is 2. The molecule has 0 saturated heterocycles. The molecule has 2 rings (SSSR count). The summed E-state index contributed by atoms with van der Waals surface area (Å²) in [5.74, 6) is -0.365. The van der Waals surface area contributed by atoms with Crippen LogP contribution in [0.3, 0.4) is 0 Å². The molecule has 3 N–H and O–H groups in total. The van der Waals surface area contributed by atoms with Crippen molar-refractivity contribution in [2.24, 2.45) is 5.73 Å². The molecule has 1 amide bonds. The van der Waals surface area contributed by atoms with Crippen molar-refractivity contribution >= 4 is 27.5 Å². The van der Waals surface area contributed by atoms with Crippen LogP contribution in [0.1, 0.15) is 13.3 Å². The average molecular weight is 323 g/mol. The summed E-state index contributed by atoms with van der Waals surface area (Å²) >= 11 is 3.47. The summed E-state index contributed by atoms with van der Waals surface area (Å²) in [6.45, 7) is 1.90. The number of hydrogen-bond donors (Lipinski definition) is 2. The number of nitrogens with two attached hydrogens (primary N) is 1. The molecular weight excluding hydrogens is 308 g/mol. The number of nitrogens with zero attached hydrogens (tertiary/aromatic N) is 2. The number of halogens is 1. The van der Waals surface area contributed by atoms with Crippen LogP contribution in [0.5, 0.6) is 0 Å².